The van der Waals surface area contributed by atoms with Gasteiger partial charge < -0.3 is 0 Å². The van der Waals surface area contributed by atoms with Gasteiger partial charge in [0.15, 0.2) is 0 Å². The van der Waals surface area contributed by atoms with E-state index >= 15 is 0 Å². The van der Waals surface area contributed by atoms with Gasteiger partial charge in [0, 0.05) is 0 Å². The highest BCUT2D eigenvalue weighted by Gasteiger charge is 2.25. The zero-order valence-corrected chi connectivity index (χ0v) is 8.14. The van der Waals surface area contributed by atoms with Crippen LogP contribution in [-0.2, 0) is 0 Å². The van der Waals surface area contributed by atoms with E-state index in [1.54, 1.807) is 11.1 Å². The molecule has 0 N–H and O–H groups in total. The number of allylic oxidation sites excluding steroid dienone is 4. The first kappa shape index (κ1) is 8.10. The van der Waals surface area contributed by atoms with Gasteiger partial charge in [-0.25, -0.2) is 0 Å². The molecular formula is C12H18. The maximum absolute atomic E-state index is 2.36. The molecule has 0 aliphatic heterocycles. The van der Waals surface area contributed by atoms with Crippen LogP contribution in [0.2, 0.25) is 0 Å². The molecule has 66 valence electrons. The highest BCUT2D eigenvalue weighted by molar-refractivity contribution is 5.37. The summed E-state index contributed by atoms with van der Waals surface area (Å²) < 4.78 is 0. The molecule has 0 amide bonds. The van der Waals surface area contributed by atoms with Crippen molar-refractivity contribution in [3.05, 3.63) is 23.3 Å². The molecule has 0 aromatic carbocycles. The van der Waals surface area contributed by atoms with Gasteiger partial charge in [0.05, 0.1) is 0 Å². The van der Waals surface area contributed by atoms with Crippen LogP contribution >= 0.6 is 0 Å². The molecule has 1 unspecified atom stereocenters. The SMILES string of the molecule is CC(C)C1CCCC2=C1CC=C2. The van der Waals surface area contributed by atoms with Gasteiger partial charge >= 0.3 is 0 Å². The molecular weight excluding hydrogens is 144 g/mol. The molecule has 2 rings (SSSR count). The Bertz CT molecular complexity index is 230. The third kappa shape index (κ3) is 1.24. The Kier molecular flexibility index (Phi) is 2.08. The van der Waals surface area contributed by atoms with Gasteiger partial charge in [-0.2, -0.15) is 0 Å². The van der Waals surface area contributed by atoms with Crippen LogP contribution < -0.4 is 0 Å². The first-order valence-electron chi connectivity index (χ1n) is 5.17. The smallest absolute Gasteiger partial charge is 0.0127 e. The standard InChI is InChI=1S/C12H18/c1-9(2)11-7-3-5-10-6-4-8-12(10)11/h4,6,9,11H,3,5,7-8H2,1-2H3. The van der Waals surface area contributed by atoms with Crippen LogP contribution in [0.4, 0.5) is 0 Å². The molecule has 2 aliphatic rings. The lowest BCUT2D eigenvalue weighted by atomic mass is 9.77. The van der Waals surface area contributed by atoms with E-state index in [2.05, 4.69) is 26.0 Å². The Labute approximate surface area is 75.4 Å². The zero-order chi connectivity index (χ0) is 8.55. The van der Waals surface area contributed by atoms with Crippen LogP contribution in [0, 0.1) is 11.8 Å². The molecule has 0 radical (unpaired) electrons. The van der Waals surface area contributed by atoms with Crippen LogP contribution in [0.15, 0.2) is 23.3 Å². The quantitative estimate of drug-likeness (QED) is 0.551. The molecule has 0 fully saturated rings. The zero-order valence-electron chi connectivity index (χ0n) is 8.14. The fourth-order valence-corrected chi connectivity index (χ4v) is 2.62. The molecule has 12 heavy (non-hydrogen) atoms. The van der Waals surface area contributed by atoms with E-state index in [1.807, 2.05) is 0 Å². The molecule has 0 saturated carbocycles. The topological polar surface area (TPSA) is 0 Å². The van der Waals surface area contributed by atoms with Crippen LogP contribution in [-0.4, -0.2) is 0 Å². The lowest BCUT2D eigenvalue weighted by Crippen LogP contribution is -2.15. The van der Waals surface area contributed by atoms with Gasteiger partial charge in [-0.05, 0) is 43.1 Å². The van der Waals surface area contributed by atoms with Crippen molar-refractivity contribution in [3.63, 3.8) is 0 Å². The van der Waals surface area contributed by atoms with Crippen molar-refractivity contribution >= 4 is 0 Å². The summed E-state index contributed by atoms with van der Waals surface area (Å²) in [4.78, 5) is 0. The third-order valence-corrected chi connectivity index (χ3v) is 3.28. The van der Waals surface area contributed by atoms with Gasteiger partial charge in [-0.3, -0.25) is 0 Å². The summed E-state index contributed by atoms with van der Waals surface area (Å²) in [5.41, 5.74) is 3.43. The fourth-order valence-electron chi connectivity index (χ4n) is 2.62. The van der Waals surface area contributed by atoms with Crippen molar-refractivity contribution in [1.29, 1.82) is 0 Å². The molecule has 0 aromatic heterocycles. The van der Waals surface area contributed by atoms with E-state index in [-0.39, 0.29) is 0 Å². The van der Waals surface area contributed by atoms with E-state index in [4.69, 9.17) is 0 Å². The van der Waals surface area contributed by atoms with E-state index < -0.39 is 0 Å². The summed E-state index contributed by atoms with van der Waals surface area (Å²) in [5.74, 6) is 1.74. The number of hydrogen-bond donors (Lipinski definition) is 0. The Hall–Kier alpha value is -0.520. The molecule has 0 saturated heterocycles. The highest BCUT2D eigenvalue weighted by Crippen LogP contribution is 2.40. The molecule has 1 atom stereocenters. The van der Waals surface area contributed by atoms with Crippen LogP contribution in [0.3, 0.4) is 0 Å². The normalized spacial score (nSPS) is 28.4. The van der Waals surface area contributed by atoms with E-state index in [9.17, 15) is 0 Å². The van der Waals surface area contributed by atoms with Crippen molar-refractivity contribution in [2.45, 2.75) is 39.5 Å². The van der Waals surface area contributed by atoms with Gasteiger partial charge in [-0.15, -0.1) is 0 Å². The van der Waals surface area contributed by atoms with Crippen LogP contribution in [0.25, 0.3) is 0 Å². The highest BCUT2D eigenvalue weighted by atomic mass is 14.3. The minimum Gasteiger partial charge on any atom is -0.0802 e. The molecule has 0 heterocycles. The Morgan fingerprint density at radius 1 is 1.42 bits per heavy atom. The molecule has 0 bridgehead atoms. The lowest BCUT2D eigenvalue weighted by Gasteiger charge is -2.28. The molecule has 0 nitrogen and oxygen atoms in total. The van der Waals surface area contributed by atoms with E-state index in [0.717, 1.165) is 11.8 Å². The summed E-state index contributed by atoms with van der Waals surface area (Å²) in [6.45, 7) is 4.72. The van der Waals surface area contributed by atoms with Crippen LogP contribution in [0.1, 0.15) is 39.5 Å². The predicted molar refractivity (Wildman–Crippen MR) is 53.0 cm³/mol. The van der Waals surface area contributed by atoms with Crippen molar-refractivity contribution in [2.75, 3.05) is 0 Å². The predicted octanol–water partition coefficient (Wildman–Crippen LogP) is 3.70. The summed E-state index contributed by atoms with van der Waals surface area (Å²) >= 11 is 0. The van der Waals surface area contributed by atoms with Gasteiger partial charge in [0.2, 0.25) is 0 Å². The maximum atomic E-state index is 2.36. The van der Waals surface area contributed by atoms with E-state index in [1.165, 1.54) is 25.7 Å². The maximum Gasteiger partial charge on any atom is -0.0127 e. The first-order valence-corrected chi connectivity index (χ1v) is 5.17. The van der Waals surface area contributed by atoms with Gasteiger partial charge in [0.1, 0.15) is 0 Å². The fraction of sp³-hybridized carbons (Fsp3) is 0.667. The number of hydrogen-bond acceptors (Lipinski definition) is 0. The Morgan fingerprint density at radius 2 is 2.25 bits per heavy atom. The molecule has 0 heteroatoms. The summed E-state index contributed by atoms with van der Waals surface area (Å²) in [6, 6.07) is 0. The average Bonchev–Trinajstić information content (AvgIpc) is 2.49. The Balaban J connectivity index is 2.22. The van der Waals surface area contributed by atoms with Crippen molar-refractivity contribution in [2.24, 2.45) is 11.8 Å². The lowest BCUT2D eigenvalue weighted by molar-refractivity contribution is 0.382. The number of rotatable bonds is 1. The van der Waals surface area contributed by atoms with Gasteiger partial charge in [-0.1, -0.05) is 31.6 Å². The summed E-state index contributed by atoms with van der Waals surface area (Å²) in [6.07, 6.45) is 10.1. The average molecular weight is 162 g/mol. The molecule has 0 aromatic rings. The minimum absolute atomic E-state index is 0.843. The summed E-state index contributed by atoms with van der Waals surface area (Å²) in [5, 5.41) is 0. The van der Waals surface area contributed by atoms with Crippen molar-refractivity contribution < 1.29 is 0 Å². The van der Waals surface area contributed by atoms with Crippen LogP contribution in [0.5, 0.6) is 0 Å². The minimum atomic E-state index is 0.843. The molecule has 2 aliphatic carbocycles. The van der Waals surface area contributed by atoms with Crippen molar-refractivity contribution in [3.8, 4) is 0 Å². The third-order valence-electron chi connectivity index (χ3n) is 3.28. The Morgan fingerprint density at radius 3 is 3.00 bits per heavy atom. The largest absolute Gasteiger partial charge is 0.0802 e. The molecule has 0 spiro atoms. The monoisotopic (exact) mass is 162 g/mol. The van der Waals surface area contributed by atoms with Crippen molar-refractivity contribution in [1.82, 2.24) is 0 Å². The van der Waals surface area contributed by atoms with E-state index in [0.29, 0.717) is 0 Å². The second-order valence-electron chi connectivity index (χ2n) is 4.40. The summed E-state index contributed by atoms with van der Waals surface area (Å²) in [7, 11) is 0. The first-order chi connectivity index (χ1) is 5.79. The second kappa shape index (κ2) is 3.08. The second-order valence-corrected chi connectivity index (χ2v) is 4.40. The van der Waals surface area contributed by atoms with Gasteiger partial charge in [0.25, 0.3) is 0 Å².